The fourth-order valence-electron chi connectivity index (χ4n) is 2.09. The summed E-state index contributed by atoms with van der Waals surface area (Å²) in [5, 5.41) is 0.293. The van der Waals surface area contributed by atoms with Gasteiger partial charge in [-0.15, -0.1) is 11.8 Å². The highest BCUT2D eigenvalue weighted by Crippen LogP contribution is 2.38. The summed E-state index contributed by atoms with van der Waals surface area (Å²) in [6.45, 7) is 6.37. The Balaban J connectivity index is 2.29. The Morgan fingerprint density at radius 1 is 1.00 bits per heavy atom. The molecule has 2 aromatic rings. The molecule has 0 aliphatic carbocycles. The van der Waals surface area contributed by atoms with Crippen LogP contribution < -0.4 is 5.73 Å². The van der Waals surface area contributed by atoms with Gasteiger partial charge in [0.2, 0.25) is 0 Å². The molecule has 0 fully saturated rings. The minimum atomic E-state index is 0.118. The minimum absolute atomic E-state index is 0.118. The zero-order chi connectivity index (χ0) is 13.8. The van der Waals surface area contributed by atoms with E-state index in [1.54, 1.807) is 0 Å². The van der Waals surface area contributed by atoms with Crippen LogP contribution >= 0.6 is 11.8 Å². The summed E-state index contributed by atoms with van der Waals surface area (Å²) >= 11 is 1.87. The highest BCUT2D eigenvalue weighted by atomic mass is 32.2. The summed E-state index contributed by atoms with van der Waals surface area (Å²) in [6.07, 6.45) is 0. The van der Waals surface area contributed by atoms with Crippen molar-refractivity contribution in [3.05, 3.63) is 65.2 Å². The van der Waals surface area contributed by atoms with Gasteiger partial charge in [-0.25, -0.2) is 0 Å². The molecule has 2 rings (SSSR count). The van der Waals surface area contributed by atoms with Crippen molar-refractivity contribution in [2.45, 2.75) is 37.0 Å². The number of nitrogens with two attached hydrogens (primary N) is 1. The second-order valence-corrected chi connectivity index (χ2v) is 6.26. The first kappa shape index (κ1) is 14.2. The van der Waals surface area contributed by atoms with E-state index in [-0.39, 0.29) is 6.04 Å². The van der Waals surface area contributed by atoms with Crippen molar-refractivity contribution < 1.29 is 0 Å². The molecule has 2 N–H and O–H groups in total. The predicted molar refractivity (Wildman–Crippen MR) is 84.6 cm³/mol. The number of aryl methyl sites for hydroxylation is 2. The van der Waals surface area contributed by atoms with Gasteiger partial charge in [0.1, 0.15) is 0 Å². The van der Waals surface area contributed by atoms with Crippen LogP contribution in [-0.2, 0) is 0 Å². The third-order valence-corrected chi connectivity index (χ3v) is 4.85. The third-order valence-electron chi connectivity index (χ3n) is 3.20. The second-order valence-electron chi connectivity index (χ2n) is 5.08. The largest absolute Gasteiger partial charge is 0.327 e. The van der Waals surface area contributed by atoms with Crippen molar-refractivity contribution in [1.29, 1.82) is 0 Å². The minimum Gasteiger partial charge on any atom is -0.327 e. The van der Waals surface area contributed by atoms with E-state index in [2.05, 4.69) is 63.2 Å². The van der Waals surface area contributed by atoms with Crippen LogP contribution in [0.5, 0.6) is 0 Å². The molecular weight excluding hydrogens is 250 g/mol. The molecule has 19 heavy (non-hydrogen) atoms. The lowest BCUT2D eigenvalue weighted by molar-refractivity contribution is 0.721. The number of rotatable bonds is 4. The summed E-state index contributed by atoms with van der Waals surface area (Å²) in [4.78, 5) is 1.33. The fraction of sp³-hybridized carbons (Fsp3) is 0.294. The summed E-state index contributed by atoms with van der Waals surface area (Å²) < 4.78 is 0. The molecule has 2 atom stereocenters. The van der Waals surface area contributed by atoms with E-state index in [9.17, 15) is 0 Å². The molecule has 2 aromatic carbocycles. The van der Waals surface area contributed by atoms with E-state index >= 15 is 0 Å². The number of thioether (sulfide) groups is 1. The lowest BCUT2D eigenvalue weighted by Crippen LogP contribution is -2.22. The van der Waals surface area contributed by atoms with Crippen molar-refractivity contribution in [3.63, 3.8) is 0 Å². The summed E-state index contributed by atoms with van der Waals surface area (Å²) in [6, 6.07) is 17.2. The lowest BCUT2D eigenvalue weighted by atomic mass is 10.1. The Morgan fingerprint density at radius 2 is 1.68 bits per heavy atom. The van der Waals surface area contributed by atoms with Crippen LogP contribution in [0.15, 0.2) is 53.4 Å². The molecule has 0 spiro atoms. The van der Waals surface area contributed by atoms with Gasteiger partial charge in [-0.3, -0.25) is 0 Å². The van der Waals surface area contributed by atoms with E-state index in [0.29, 0.717) is 5.25 Å². The van der Waals surface area contributed by atoms with E-state index in [1.165, 1.54) is 21.6 Å². The molecule has 0 aliphatic rings. The number of benzene rings is 2. The zero-order valence-corrected chi connectivity index (χ0v) is 12.6. The van der Waals surface area contributed by atoms with E-state index in [0.717, 1.165) is 0 Å². The van der Waals surface area contributed by atoms with Crippen molar-refractivity contribution in [3.8, 4) is 0 Å². The summed E-state index contributed by atoms with van der Waals surface area (Å²) in [7, 11) is 0. The smallest absolute Gasteiger partial charge is 0.0492 e. The average molecular weight is 271 g/mol. The maximum Gasteiger partial charge on any atom is 0.0492 e. The van der Waals surface area contributed by atoms with Crippen LogP contribution in [0.4, 0.5) is 0 Å². The monoisotopic (exact) mass is 271 g/mol. The first-order valence-corrected chi connectivity index (χ1v) is 7.50. The molecule has 2 unspecified atom stereocenters. The Hall–Kier alpha value is -1.25. The summed E-state index contributed by atoms with van der Waals surface area (Å²) in [5.41, 5.74) is 10.1. The van der Waals surface area contributed by atoms with Gasteiger partial charge in [-0.05, 0) is 38.0 Å². The quantitative estimate of drug-likeness (QED) is 0.829. The molecule has 2 heteroatoms. The molecule has 0 heterocycles. The van der Waals surface area contributed by atoms with Gasteiger partial charge >= 0.3 is 0 Å². The molecule has 0 aromatic heterocycles. The van der Waals surface area contributed by atoms with Gasteiger partial charge in [0.15, 0.2) is 0 Å². The Morgan fingerprint density at radius 3 is 2.32 bits per heavy atom. The van der Waals surface area contributed by atoms with Gasteiger partial charge < -0.3 is 5.73 Å². The third kappa shape index (κ3) is 3.62. The number of hydrogen-bond donors (Lipinski definition) is 1. The average Bonchev–Trinajstić information content (AvgIpc) is 2.40. The normalized spacial score (nSPS) is 14.1. The molecular formula is C17H21NS. The zero-order valence-electron chi connectivity index (χ0n) is 11.8. The van der Waals surface area contributed by atoms with Crippen LogP contribution in [0.2, 0.25) is 0 Å². The molecule has 0 radical (unpaired) electrons. The van der Waals surface area contributed by atoms with Crippen molar-refractivity contribution in [2.24, 2.45) is 5.73 Å². The van der Waals surface area contributed by atoms with Gasteiger partial charge in [0.25, 0.3) is 0 Å². The molecule has 0 aliphatic heterocycles. The Bertz CT molecular complexity index is 534. The molecule has 0 bridgehead atoms. The van der Waals surface area contributed by atoms with Crippen LogP contribution in [0.3, 0.4) is 0 Å². The highest BCUT2D eigenvalue weighted by molar-refractivity contribution is 7.99. The Kier molecular flexibility index (Phi) is 4.67. The fourth-order valence-corrected chi connectivity index (χ4v) is 3.38. The van der Waals surface area contributed by atoms with E-state index < -0.39 is 0 Å². The summed E-state index contributed by atoms with van der Waals surface area (Å²) in [5.74, 6) is 0. The maximum absolute atomic E-state index is 6.18. The molecule has 0 saturated heterocycles. The van der Waals surface area contributed by atoms with Gasteiger partial charge in [-0.2, -0.15) is 0 Å². The van der Waals surface area contributed by atoms with Gasteiger partial charge in [0, 0.05) is 16.2 Å². The highest BCUT2D eigenvalue weighted by Gasteiger charge is 2.18. The SMILES string of the molecule is Cc1ccc(C)c(SC(c2ccccc2)C(C)N)c1. The van der Waals surface area contributed by atoms with E-state index in [4.69, 9.17) is 5.73 Å². The first-order chi connectivity index (χ1) is 9.08. The van der Waals surface area contributed by atoms with Crippen molar-refractivity contribution in [1.82, 2.24) is 0 Å². The van der Waals surface area contributed by atoms with Crippen LogP contribution in [-0.4, -0.2) is 6.04 Å². The molecule has 100 valence electrons. The van der Waals surface area contributed by atoms with Crippen molar-refractivity contribution in [2.75, 3.05) is 0 Å². The van der Waals surface area contributed by atoms with Crippen molar-refractivity contribution >= 4 is 11.8 Å². The standard InChI is InChI=1S/C17H21NS/c1-12-9-10-13(2)16(11-12)19-17(14(3)18)15-7-5-4-6-8-15/h4-11,14,17H,18H2,1-3H3. The molecule has 1 nitrogen and oxygen atoms in total. The maximum atomic E-state index is 6.18. The van der Waals surface area contributed by atoms with Gasteiger partial charge in [-0.1, -0.05) is 48.0 Å². The Labute approximate surface area is 120 Å². The van der Waals surface area contributed by atoms with Crippen LogP contribution in [0.25, 0.3) is 0 Å². The predicted octanol–water partition coefficient (Wildman–Crippen LogP) is 4.48. The van der Waals surface area contributed by atoms with Crippen LogP contribution in [0.1, 0.15) is 28.9 Å². The lowest BCUT2D eigenvalue weighted by Gasteiger charge is -2.22. The van der Waals surface area contributed by atoms with E-state index in [1.807, 2.05) is 17.8 Å². The second kappa shape index (κ2) is 6.27. The molecule has 0 amide bonds. The topological polar surface area (TPSA) is 26.0 Å². The van der Waals surface area contributed by atoms with Crippen LogP contribution in [0, 0.1) is 13.8 Å². The molecule has 0 saturated carbocycles. The number of hydrogen-bond acceptors (Lipinski definition) is 2. The van der Waals surface area contributed by atoms with Gasteiger partial charge in [0.05, 0.1) is 0 Å². The first-order valence-electron chi connectivity index (χ1n) is 6.62.